The molecule has 2 aromatic rings. The van der Waals surface area contributed by atoms with Gasteiger partial charge in [0.1, 0.15) is 6.10 Å². The lowest BCUT2D eigenvalue weighted by molar-refractivity contribution is -0.159. The van der Waals surface area contributed by atoms with Gasteiger partial charge in [0.25, 0.3) is 10.0 Å². The summed E-state index contributed by atoms with van der Waals surface area (Å²) in [7, 11) is -2.32. The van der Waals surface area contributed by atoms with E-state index in [1.54, 1.807) is 30.3 Å². The molecule has 7 nitrogen and oxygen atoms in total. The fourth-order valence-electron chi connectivity index (χ4n) is 4.36. The second-order valence-electron chi connectivity index (χ2n) is 9.26. The van der Waals surface area contributed by atoms with Crippen LogP contribution >= 0.6 is 0 Å². The van der Waals surface area contributed by atoms with Crippen molar-refractivity contribution in [1.82, 2.24) is 0 Å². The van der Waals surface area contributed by atoms with Crippen molar-refractivity contribution in [3.8, 4) is 0 Å². The highest BCUT2D eigenvalue weighted by molar-refractivity contribution is 7.92. The van der Waals surface area contributed by atoms with E-state index in [1.807, 2.05) is 0 Å². The molecule has 34 heavy (non-hydrogen) atoms. The largest absolute Gasteiger partial charge is 0.460 e. The fourth-order valence-corrected chi connectivity index (χ4v) is 5.55. The zero-order chi connectivity index (χ0) is 24.9. The summed E-state index contributed by atoms with van der Waals surface area (Å²) in [5.74, 6) is -0.0782. The predicted molar refractivity (Wildman–Crippen MR) is 130 cm³/mol. The van der Waals surface area contributed by atoms with Crippen molar-refractivity contribution in [2.75, 3.05) is 18.0 Å². The molecule has 3 atom stereocenters. The molecule has 1 fully saturated rings. The van der Waals surface area contributed by atoms with Crippen LogP contribution in [0.2, 0.25) is 0 Å². The number of rotatable bonds is 8. The van der Waals surface area contributed by atoms with Crippen molar-refractivity contribution in [3.63, 3.8) is 0 Å². The van der Waals surface area contributed by atoms with E-state index in [2.05, 4.69) is 20.8 Å². The number of ether oxygens (including phenoxy) is 2. The molecule has 0 radical (unpaired) electrons. The molecule has 8 heteroatoms. The minimum atomic E-state index is -3.79. The molecule has 0 aromatic heterocycles. The highest BCUT2D eigenvalue weighted by Gasteiger charge is 2.33. The fraction of sp³-hybridized carbons (Fsp3) is 0.462. The Bertz CT molecular complexity index is 1080. The third-order valence-electron chi connectivity index (χ3n) is 6.43. The number of nitrogens with zero attached hydrogens (tertiary/aromatic N) is 1. The Morgan fingerprint density at radius 3 is 2.29 bits per heavy atom. The lowest BCUT2D eigenvalue weighted by Crippen LogP contribution is -2.36. The molecule has 184 valence electrons. The quantitative estimate of drug-likeness (QED) is 0.503. The molecule has 3 unspecified atom stereocenters. The van der Waals surface area contributed by atoms with Gasteiger partial charge in [0, 0.05) is 7.05 Å². The van der Waals surface area contributed by atoms with Gasteiger partial charge < -0.3 is 9.47 Å². The van der Waals surface area contributed by atoms with Crippen LogP contribution in [-0.4, -0.2) is 40.1 Å². The van der Waals surface area contributed by atoms with Crippen LogP contribution in [0, 0.1) is 17.8 Å². The van der Waals surface area contributed by atoms with E-state index in [0.717, 1.165) is 19.3 Å². The molecule has 0 spiro atoms. The van der Waals surface area contributed by atoms with Crippen LogP contribution in [0.25, 0.3) is 0 Å². The SMILES string of the molecule is CC1CCC(C(C)C)C(OC(=O)COC(=O)c2ccc(S(=O)(=O)N(C)c3ccccc3)cc2)C1. The Morgan fingerprint density at radius 1 is 1.03 bits per heavy atom. The van der Waals surface area contributed by atoms with E-state index in [4.69, 9.17) is 9.47 Å². The summed E-state index contributed by atoms with van der Waals surface area (Å²) >= 11 is 0. The van der Waals surface area contributed by atoms with Crippen molar-refractivity contribution in [2.45, 2.75) is 51.0 Å². The van der Waals surface area contributed by atoms with Gasteiger partial charge in [0.05, 0.1) is 16.1 Å². The van der Waals surface area contributed by atoms with Gasteiger partial charge in [-0.2, -0.15) is 0 Å². The Kier molecular flexibility index (Phi) is 8.36. The maximum Gasteiger partial charge on any atom is 0.344 e. The van der Waals surface area contributed by atoms with Crippen LogP contribution in [0.4, 0.5) is 5.69 Å². The Labute approximate surface area is 202 Å². The van der Waals surface area contributed by atoms with Crippen molar-refractivity contribution in [1.29, 1.82) is 0 Å². The van der Waals surface area contributed by atoms with Gasteiger partial charge in [-0.05, 0) is 67.0 Å². The van der Waals surface area contributed by atoms with Crippen molar-refractivity contribution >= 4 is 27.6 Å². The molecule has 1 aliphatic carbocycles. The normalized spacial score (nSPS) is 20.6. The van der Waals surface area contributed by atoms with Gasteiger partial charge in [-0.1, -0.05) is 45.4 Å². The molecule has 0 amide bonds. The number of anilines is 1. The number of hydrogen-bond acceptors (Lipinski definition) is 6. The van der Waals surface area contributed by atoms with Crippen LogP contribution in [-0.2, 0) is 24.3 Å². The number of carbonyl (C=O) groups is 2. The van der Waals surface area contributed by atoms with E-state index in [1.165, 1.54) is 35.6 Å². The summed E-state index contributed by atoms with van der Waals surface area (Å²) in [6.07, 6.45) is 2.79. The summed E-state index contributed by atoms with van der Waals surface area (Å²) in [6, 6.07) is 14.1. The van der Waals surface area contributed by atoms with E-state index in [-0.39, 0.29) is 16.6 Å². The molecule has 0 heterocycles. The average molecular weight is 488 g/mol. The van der Waals surface area contributed by atoms with Gasteiger partial charge >= 0.3 is 11.9 Å². The van der Waals surface area contributed by atoms with Crippen LogP contribution in [0.15, 0.2) is 59.5 Å². The first-order chi connectivity index (χ1) is 16.1. The lowest BCUT2D eigenvalue weighted by atomic mass is 9.75. The summed E-state index contributed by atoms with van der Waals surface area (Å²) < 4.78 is 37.7. The minimum absolute atomic E-state index is 0.0426. The summed E-state index contributed by atoms with van der Waals surface area (Å²) in [5, 5.41) is 0. The van der Waals surface area contributed by atoms with Gasteiger partial charge in [0.2, 0.25) is 0 Å². The molecule has 0 bridgehead atoms. The third-order valence-corrected chi connectivity index (χ3v) is 8.23. The molecule has 1 aliphatic rings. The van der Waals surface area contributed by atoms with Crippen LogP contribution in [0.5, 0.6) is 0 Å². The topological polar surface area (TPSA) is 90.0 Å². The van der Waals surface area contributed by atoms with E-state index in [0.29, 0.717) is 23.4 Å². The maximum absolute atomic E-state index is 12.9. The van der Waals surface area contributed by atoms with Crippen molar-refractivity contribution < 1.29 is 27.5 Å². The second kappa shape index (κ2) is 11.0. The van der Waals surface area contributed by atoms with Gasteiger partial charge in [0.15, 0.2) is 6.61 Å². The molecule has 2 aromatic carbocycles. The van der Waals surface area contributed by atoms with Crippen molar-refractivity contribution in [3.05, 3.63) is 60.2 Å². The Hall–Kier alpha value is -2.87. The van der Waals surface area contributed by atoms with E-state index >= 15 is 0 Å². The summed E-state index contributed by atoms with van der Waals surface area (Å²) in [4.78, 5) is 24.8. The number of sulfonamides is 1. The maximum atomic E-state index is 12.9. The monoisotopic (exact) mass is 487 g/mol. The first-order valence-corrected chi connectivity index (χ1v) is 13.0. The second-order valence-corrected chi connectivity index (χ2v) is 11.2. The van der Waals surface area contributed by atoms with Gasteiger partial charge in [-0.15, -0.1) is 0 Å². The third kappa shape index (κ3) is 6.17. The molecular weight excluding hydrogens is 454 g/mol. The molecule has 0 saturated heterocycles. The summed E-state index contributed by atoms with van der Waals surface area (Å²) in [6.45, 7) is 5.93. The lowest BCUT2D eigenvalue weighted by Gasteiger charge is -2.36. The van der Waals surface area contributed by atoms with E-state index in [9.17, 15) is 18.0 Å². The van der Waals surface area contributed by atoms with Crippen molar-refractivity contribution in [2.24, 2.45) is 17.8 Å². The van der Waals surface area contributed by atoms with Crippen LogP contribution < -0.4 is 4.31 Å². The molecule has 1 saturated carbocycles. The van der Waals surface area contributed by atoms with E-state index < -0.39 is 28.6 Å². The highest BCUT2D eigenvalue weighted by atomic mass is 32.2. The zero-order valence-corrected chi connectivity index (χ0v) is 21.0. The zero-order valence-electron chi connectivity index (χ0n) is 20.1. The molecule has 0 aliphatic heterocycles. The molecule has 0 N–H and O–H groups in total. The number of carbonyl (C=O) groups excluding carboxylic acids is 2. The number of esters is 2. The number of para-hydroxylation sites is 1. The summed E-state index contributed by atoms with van der Waals surface area (Å²) in [5.41, 5.74) is 0.678. The average Bonchev–Trinajstić information content (AvgIpc) is 2.82. The van der Waals surface area contributed by atoms with Crippen LogP contribution in [0.1, 0.15) is 50.4 Å². The first kappa shape index (κ1) is 25.7. The first-order valence-electron chi connectivity index (χ1n) is 11.6. The number of hydrogen-bond donors (Lipinski definition) is 0. The highest BCUT2D eigenvalue weighted by Crippen LogP contribution is 2.35. The minimum Gasteiger partial charge on any atom is -0.460 e. The molecule has 3 rings (SSSR count). The smallest absolute Gasteiger partial charge is 0.344 e. The Morgan fingerprint density at radius 2 is 1.68 bits per heavy atom. The van der Waals surface area contributed by atoms with Gasteiger partial charge in [-0.3, -0.25) is 4.31 Å². The molecular formula is C26H33NO6S. The van der Waals surface area contributed by atoms with Gasteiger partial charge in [-0.25, -0.2) is 18.0 Å². The van der Waals surface area contributed by atoms with Crippen LogP contribution in [0.3, 0.4) is 0 Å². The Balaban J connectivity index is 1.58. The standard InChI is InChI=1S/C26H33NO6S/c1-18(2)23-15-10-19(3)16-24(23)33-25(28)17-32-26(29)20-11-13-22(14-12-20)34(30,31)27(4)21-8-6-5-7-9-21/h5-9,11-14,18-19,23-24H,10,15-17H2,1-4H3. The predicted octanol–water partition coefficient (Wildman–Crippen LogP) is 4.67. The number of benzene rings is 2.